The quantitative estimate of drug-likeness (QED) is 0.699. The predicted molar refractivity (Wildman–Crippen MR) is 103 cm³/mol. The van der Waals surface area contributed by atoms with Gasteiger partial charge >= 0.3 is 0 Å². The van der Waals surface area contributed by atoms with Crippen LogP contribution < -0.4 is 0 Å². The molecule has 0 radical (unpaired) electrons. The van der Waals surface area contributed by atoms with Crippen molar-refractivity contribution in [2.24, 2.45) is 5.92 Å². The van der Waals surface area contributed by atoms with Crippen molar-refractivity contribution in [3.05, 3.63) is 77.2 Å². The van der Waals surface area contributed by atoms with Gasteiger partial charge in [-0.25, -0.2) is 4.39 Å². The van der Waals surface area contributed by atoms with E-state index in [2.05, 4.69) is 27.2 Å². The molecule has 2 heterocycles. The molecule has 1 aliphatic rings. The Morgan fingerprint density at radius 2 is 1.81 bits per heavy atom. The van der Waals surface area contributed by atoms with Gasteiger partial charge < -0.3 is 5.11 Å². The lowest BCUT2D eigenvalue weighted by Crippen LogP contribution is -2.20. The lowest BCUT2D eigenvalue weighted by Gasteiger charge is -2.16. The summed E-state index contributed by atoms with van der Waals surface area (Å²) in [6.07, 6.45) is 4.13. The second-order valence-corrected chi connectivity index (χ2v) is 7.35. The lowest BCUT2D eigenvalue weighted by atomic mass is 9.98. The minimum absolute atomic E-state index is 0.0958. The Morgan fingerprint density at radius 3 is 2.56 bits per heavy atom. The Bertz CT molecular complexity index is 873. The summed E-state index contributed by atoms with van der Waals surface area (Å²) in [4.78, 5) is 2.46. The largest absolute Gasteiger partial charge is 0.392 e. The summed E-state index contributed by atoms with van der Waals surface area (Å²) in [5.41, 5.74) is 5.37. The number of likely N-dealkylation sites (tertiary alicyclic amines) is 1. The maximum absolute atomic E-state index is 13.2. The van der Waals surface area contributed by atoms with Crippen LogP contribution in [0.5, 0.6) is 0 Å². The molecule has 140 valence electrons. The predicted octanol–water partition coefficient (Wildman–Crippen LogP) is 3.77. The summed E-state index contributed by atoms with van der Waals surface area (Å²) in [5, 5.41) is 16.4. The topological polar surface area (TPSA) is 52.1 Å². The van der Waals surface area contributed by atoms with Crippen molar-refractivity contribution in [3.8, 4) is 11.3 Å². The summed E-state index contributed by atoms with van der Waals surface area (Å²) in [7, 11) is 0. The third-order valence-corrected chi connectivity index (χ3v) is 5.34. The van der Waals surface area contributed by atoms with Crippen molar-refractivity contribution in [1.29, 1.82) is 0 Å². The lowest BCUT2D eigenvalue weighted by molar-refractivity contribution is 0.282. The van der Waals surface area contributed by atoms with E-state index in [1.807, 2.05) is 18.3 Å². The molecule has 4 nitrogen and oxygen atoms in total. The van der Waals surface area contributed by atoms with Gasteiger partial charge in [0.25, 0.3) is 0 Å². The highest BCUT2D eigenvalue weighted by Gasteiger charge is 2.24. The van der Waals surface area contributed by atoms with Crippen LogP contribution in [0, 0.1) is 11.7 Å². The standard InChI is InChI=1S/C22H24FN3O/c23-21-7-5-19(6-8-21)22-20(12-24-25-22)14-26-10-9-18(13-26)11-16-1-3-17(15-27)4-2-16/h1-8,12,18,27H,9-11,13-15H2,(H,24,25). The van der Waals surface area contributed by atoms with E-state index >= 15 is 0 Å². The van der Waals surface area contributed by atoms with Gasteiger partial charge in [0.15, 0.2) is 0 Å². The molecule has 1 saturated heterocycles. The molecule has 1 unspecified atom stereocenters. The number of nitrogens with one attached hydrogen (secondary N) is 1. The van der Waals surface area contributed by atoms with Crippen LogP contribution in [0.15, 0.2) is 54.7 Å². The van der Waals surface area contributed by atoms with Gasteiger partial charge in [-0.15, -0.1) is 0 Å². The Balaban J connectivity index is 1.37. The highest BCUT2D eigenvalue weighted by atomic mass is 19.1. The first-order valence-corrected chi connectivity index (χ1v) is 9.40. The molecule has 5 heteroatoms. The number of hydrogen-bond donors (Lipinski definition) is 2. The van der Waals surface area contributed by atoms with E-state index in [1.165, 1.54) is 24.1 Å². The van der Waals surface area contributed by atoms with E-state index in [1.54, 1.807) is 12.1 Å². The Labute approximate surface area is 158 Å². The number of aromatic nitrogens is 2. The van der Waals surface area contributed by atoms with Crippen molar-refractivity contribution in [2.75, 3.05) is 13.1 Å². The summed E-state index contributed by atoms with van der Waals surface area (Å²) < 4.78 is 13.2. The molecule has 3 aromatic rings. The van der Waals surface area contributed by atoms with Gasteiger partial charge in [-0.05, 0) is 60.7 Å². The number of hydrogen-bond acceptors (Lipinski definition) is 3. The fourth-order valence-electron chi connectivity index (χ4n) is 3.88. The number of rotatable bonds is 6. The minimum Gasteiger partial charge on any atom is -0.392 e. The molecular formula is C22H24FN3O. The van der Waals surface area contributed by atoms with Crippen molar-refractivity contribution in [1.82, 2.24) is 15.1 Å². The smallest absolute Gasteiger partial charge is 0.123 e. The van der Waals surface area contributed by atoms with Crippen molar-refractivity contribution in [2.45, 2.75) is 26.0 Å². The van der Waals surface area contributed by atoms with E-state index in [0.717, 1.165) is 48.4 Å². The summed E-state index contributed by atoms with van der Waals surface area (Å²) in [5.74, 6) is 0.417. The van der Waals surface area contributed by atoms with E-state index in [9.17, 15) is 4.39 Å². The third-order valence-electron chi connectivity index (χ3n) is 5.34. The van der Waals surface area contributed by atoms with Gasteiger partial charge in [-0.2, -0.15) is 5.10 Å². The highest BCUT2D eigenvalue weighted by Crippen LogP contribution is 2.26. The van der Waals surface area contributed by atoms with Gasteiger partial charge in [0, 0.05) is 24.2 Å². The molecule has 1 fully saturated rings. The zero-order chi connectivity index (χ0) is 18.6. The van der Waals surface area contributed by atoms with Crippen molar-refractivity contribution >= 4 is 0 Å². The Morgan fingerprint density at radius 1 is 1.07 bits per heavy atom. The maximum atomic E-state index is 13.2. The first kappa shape index (κ1) is 17.9. The molecular weight excluding hydrogens is 341 g/mol. The van der Waals surface area contributed by atoms with Crippen LogP contribution in [0.4, 0.5) is 4.39 Å². The van der Waals surface area contributed by atoms with Gasteiger partial charge in [-0.1, -0.05) is 24.3 Å². The van der Waals surface area contributed by atoms with Crippen molar-refractivity contribution < 1.29 is 9.50 Å². The fourth-order valence-corrected chi connectivity index (χ4v) is 3.88. The second kappa shape index (κ2) is 8.03. The summed E-state index contributed by atoms with van der Waals surface area (Å²) >= 11 is 0. The van der Waals surface area contributed by atoms with Gasteiger partial charge in [0.2, 0.25) is 0 Å². The van der Waals surface area contributed by atoms with E-state index in [-0.39, 0.29) is 12.4 Å². The molecule has 1 atom stereocenters. The first-order valence-electron chi connectivity index (χ1n) is 9.40. The van der Waals surface area contributed by atoms with Crippen molar-refractivity contribution in [3.63, 3.8) is 0 Å². The molecule has 0 aliphatic carbocycles. The number of benzene rings is 2. The molecule has 0 saturated carbocycles. The van der Waals surface area contributed by atoms with Gasteiger partial charge in [0.05, 0.1) is 18.5 Å². The van der Waals surface area contributed by atoms with Crippen LogP contribution in [0.2, 0.25) is 0 Å². The molecule has 2 N–H and O–H groups in total. The minimum atomic E-state index is -0.228. The molecule has 0 bridgehead atoms. The fraction of sp³-hybridized carbons (Fsp3) is 0.318. The summed E-state index contributed by atoms with van der Waals surface area (Å²) in [6.45, 7) is 3.09. The van der Waals surface area contributed by atoms with Gasteiger partial charge in [0.1, 0.15) is 5.82 Å². The van der Waals surface area contributed by atoms with Crippen LogP contribution in [0.1, 0.15) is 23.1 Å². The molecule has 0 spiro atoms. The number of halogens is 1. The number of aliphatic hydroxyl groups is 1. The molecule has 2 aromatic carbocycles. The average molecular weight is 365 g/mol. The first-order chi connectivity index (χ1) is 13.2. The maximum Gasteiger partial charge on any atom is 0.123 e. The normalized spacial score (nSPS) is 17.5. The number of H-pyrrole nitrogens is 1. The van der Waals surface area contributed by atoms with Gasteiger partial charge in [-0.3, -0.25) is 10.00 Å². The highest BCUT2D eigenvalue weighted by molar-refractivity contribution is 5.62. The molecule has 0 amide bonds. The molecule has 1 aromatic heterocycles. The van der Waals surface area contributed by atoms with E-state index in [4.69, 9.17) is 5.11 Å². The monoisotopic (exact) mass is 365 g/mol. The van der Waals surface area contributed by atoms with Crippen LogP contribution >= 0.6 is 0 Å². The number of aromatic amines is 1. The van der Waals surface area contributed by atoms with Crippen LogP contribution in [-0.2, 0) is 19.6 Å². The van der Waals surface area contributed by atoms with E-state index in [0.29, 0.717) is 5.92 Å². The zero-order valence-electron chi connectivity index (χ0n) is 15.2. The number of aliphatic hydroxyl groups excluding tert-OH is 1. The summed E-state index contributed by atoms with van der Waals surface area (Å²) in [6, 6.07) is 14.8. The van der Waals surface area contributed by atoms with Crippen LogP contribution in [0.25, 0.3) is 11.3 Å². The molecule has 27 heavy (non-hydrogen) atoms. The third kappa shape index (κ3) is 4.26. The molecule has 4 rings (SSSR count). The molecule has 1 aliphatic heterocycles. The average Bonchev–Trinajstić information content (AvgIpc) is 3.33. The Hall–Kier alpha value is -2.50. The van der Waals surface area contributed by atoms with Crippen LogP contribution in [0.3, 0.4) is 0 Å². The van der Waals surface area contributed by atoms with E-state index < -0.39 is 0 Å². The Kier molecular flexibility index (Phi) is 5.32. The number of nitrogens with zero attached hydrogens (tertiary/aromatic N) is 2. The zero-order valence-corrected chi connectivity index (χ0v) is 15.2. The second-order valence-electron chi connectivity index (χ2n) is 7.35. The van der Waals surface area contributed by atoms with Crippen LogP contribution in [-0.4, -0.2) is 33.3 Å². The SMILES string of the molecule is OCc1ccc(CC2CCN(Cc3cn[nH]c3-c3ccc(F)cc3)C2)cc1.